The summed E-state index contributed by atoms with van der Waals surface area (Å²) in [5.74, 6) is 2.22. The zero-order valence-electron chi connectivity index (χ0n) is 11.1. The number of anilines is 1. The van der Waals surface area contributed by atoms with Crippen LogP contribution in [0.2, 0.25) is 0 Å². The summed E-state index contributed by atoms with van der Waals surface area (Å²) in [5, 5.41) is 3.31. The van der Waals surface area contributed by atoms with Crippen LogP contribution in [-0.2, 0) is 4.74 Å². The quantitative estimate of drug-likeness (QED) is 0.789. The monoisotopic (exact) mass is 251 g/mol. The van der Waals surface area contributed by atoms with E-state index < -0.39 is 0 Å². The second-order valence-electron chi connectivity index (χ2n) is 4.75. The average molecular weight is 251 g/mol. The third-order valence-corrected chi connectivity index (χ3v) is 2.57. The van der Waals surface area contributed by atoms with Gasteiger partial charge in [-0.3, -0.25) is 0 Å². The van der Waals surface area contributed by atoms with Crippen molar-refractivity contribution in [3.8, 4) is 11.5 Å². The first-order valence-electron chi connectivity index (χ1n) is 6.47. The van der Waals surface area contributed by atoms with Crippen LogP contribution in [0.3, 0.4) is 0 Å². The maximum Gasteiger partial charge on any atom is 0.163 e. The number of hydrogen-bond acceptors (Lipinski definition) is 4. The van der Waals surface area contributed by atoms with Crippen molar-refractivity contribution in [3.05, 3.63) is 18.2 Å². The van der Waals surface area contributed by atoms with Crippen LogP contribution in [0, 0.1) is 5.92 Å². The van der Waals surface area contributed by atoms with E-state index in [1.54, 1.807) is 0 Å². The lowest BCUT2D eigenvalue weighted by Gasteiger charge is -2.19. The van der Waals surface area contributed by atoms with Crippen molar-refractivity contribution in [1.29, 1.82) is 0 Å². The van der Waals surface area contributed by atoms with Gasteiger partial charge in [0.25, 0.3) is 0 Å². The first kappa shape index (κ1) is 13.0. The molecule has 1 heterocycles. The van der Waals surface area contributed by atoms with Crippen LogP contribution in [0.15, 0.2) is 18.2 Å². The molecule has 0 atom stereocenters. The lowest BCUT2D eigenvalue weighted by Crippen LogP contribution is -2.16. The molecular weight excluding hydrogens is 230 g/mol. The summed E-state index contributed by atoms with van der Waals surface area (Å²) in [4.78, 5) is 0. The van der Waals surface area contributed by atoms with Gasteiger partial charge in [0, 0.05) is 24.9 Å². The molecule has 1 N–H and O–H groups in total. The minimum atomic E-state index is 0.583. The molecule has 1 aliphatic rings. The van der Waals surface area contributed by atoms with Crippen molar-refractivity contribution < 1.29 is 14.2 Å². The van der Waals surface area contributed by atoms with Gasteiger partial charge < -0.3 is 19.5 Å². The maximum absolute atomic E-state index is 5.53. The van der Waals surface area contributed by atoms with E-state index in [0.29, 0.717) is 25.7 Å². The van der Waals surface area contributed by atoms with Gasteiger partial charge in [-0.1, -0.05) is 13.8 Å². The smallest absolute Gasteiger partial charge is 0.163 e. The zero-order valence-corrected chi connectivity index (χ0v) is 11.1. The lowest BCUT2D eigenvalue weighted by atomic mass is 10.2. The number of ether oxygens (including phenoxy) is 3. The summed E-state index contributed by atoms with van der Waals surface area (Å²) in [6.45, 7) is 7.86. The summed E-state index contributed by atoms with van der Waals surface area (Å²) in [7, 11) is 0. The number of benzene rings is 1. The van der Waals surface area contributed by atoms with Gasteiger partial charge in [0.1, 0.15) is 13.2 Å². The molecule has 0 bridgehead atoms. The summed E-state index contributed by atoms with van der Waals surface area (Å²) in [6, 6.07) is 5.90. The molecule has 0 saturated carbocycles. The summed E-state index contributed by atoms with van der Waals surface area (Å²) < 4.78 is 16.5. The first-order valence-corrected chi connectivity index (χ1v) is 6.47. The Labute approximate surface area is 108 Å². The lowest BCUT2D eigenvalue weighted by molar-refractivity contribution is 0.118. The maximum atomic E-state index is 5.53. The third-order valence-electron chi connectivity index (χ3n) is 2.57. The Balaban J connectivity index is 1.76. The molecule has 1 aromatic rings. The minimum Gasteiger partial charge on any atom is -0.486 e. The number of hydrogen-bond donors (Lipinski definition) is 1. The molecule has 4 heteroatoms. The second-order valence-corrected chi connectivity index (χ2v) is 4.75. The molecule has 0 aliphatic carbocycles. The van der Waals surface area contributed by atoms with E-state index >= 15 is 0 Å². The molecule has 0 unspecified atom stereocenters. The van der Waals surface area contributed by atoms with E-state index in [2.05, 4.69) is 19.2 Å². The molecule has 1 aromatic carbocycles. The number of nitrogens with one attached hydrogen (secondary N) is 1. The summed E-state index contributed by atoms with van der Waals surface area (Å²) >= 11 is 0. The van der Waals surface area contributed by atoms with E-state index in [9.17, 15) is 0 Å². The van der Waals surface area contributed by atoms with Crippen LogP contribution in [-0.4, -0.2) is 33.0 Å². The highest BCUT2D eigenvalue weighted by atomic mass is 16.6. The molecule has 18 heavy (non-hydrogen) atoms. The van der Waals surface area contributed by atoms with Gasteiger partial charge in [0.15, 0.2) is 11.5 Å². The van der Waals surface area contributed by atoms with Crippen LogP contribution < -0.4 is 14.8 Å². The van der Waals surface area contributed by atoms with Gasteiger partial charge in [-0.05, 0) is 18.1 Å². The van der Waals surface area contributed by atoms with Crippen molar-refractivity contribution in [1.82, 2.24) is 0 Å². The normalized spacial score (nSPS) is 13.7. The Morgan fingerprint density at radius 2 is 2.00 bits per heavy atom. The van der Waals surface area contributed by atoms with Gasteiger partial charge in [0.2, 0.25) is 0 Å². The van der Waals surface area contributed by atoms with Crippen LogP contribution in [0.25, 0.3) is 0 Å². The minimum absolute atomic E-state index is 0.583. The Morgan fingerprint density at radius 3 is 2.78 bits per heavy atom. The van der Waals surface area contributed by atoms with Gasteiger partial charge in [-0.2, -0.15) is 0 Å². The molecule has 0 amide bonds. The fraction of sp³-hybridized carbons (Fsp3) is 0.571. The molecule has 2 rings (SSSR count). The van der Waals surface area contributed by atoms with Gasteiger partial charge in [0.05, 0.1) is 6.61 Å². The third kappa shape index (κ3) is 3.81. The number of rotatable bonds is 6. The fourth-order valence-electron chi connectivity index (χ4n) is 1.74. The topological polar surface area (TPSA) is 39.7 Å². The van der Waals surface area contributed by atoms with Gasteiger partial charge >= 0.3 is 0 Å². The number of fused-ring (bicyclic) bond motifs is 1. The second kappa shape index (κ2) is 6.50. The predicted molar refractivity (Wildman–Crippen MR) is 71.6 cm³/mol. The standard InChI is InChI=1S/C14H21NO3/c1-11(2)10-16-6-5-15-12-3-4-13-14(9-12)18-8-7-17-13/h3-4,9,11,15H,5-8,10H2,1-2H3. The summed E-state index contributed by atoms with van der Waals surface area (Å²) in [6.07, 6.45) is 0. The average Bonchev–Trinajstić information content (AvgIpc) is 2.38. The molecule has 0 radical (unpaired) electrons. The van der Waals surface area contributed by atoms with E-state index in [-0.39, 0.29) is 0 Å². The molecule has 0 aromatic heterocycles. The molecule has 0 saturated heterocycles. The zero-order chi connectivity index (χ0) is 12.8. The van der Waals surface area contributed by atoms with Crippen molar-refractivity contribution >= 4 is 5.69 Å². The van der Waals surface area contributed by atoms with Crippen molar-refractivity contribution in [2.24, 2.45) is 5.92 Å². The van der Waals surface area contributed by atoms with Crippen LogP contribution in [0.1, 0.15) is 13.8 Å². The fourth-order valence-corrected chi connectivity index (χ4v) is 1.74. The largest absolute Gasteiger partial charge is 0.486 e. The van der Waals surface area contributed by atoms with E-state index in [1.165, 1.54) is 0 Å². The van der Waals surface area contributed by atoms with E-state index in [4.69, 9.17) is 14.2 Å². The molecule has 1 aliphatic heterocycles. The van der Waals surface area contributed by atoms with Crippen molar-refractivity contribution in [2.75, 3.05) is 38.3 Å². The predicted octanol–water partition coefficient (Wildman–Crippen LogP) is 2.54. The first-order chi connectivity index (χ1) is 8.75. The van der Waals surface area contributed by atoms with Crippen LogP contribution in [0.4, 0.5) is 5.69 Å². The van der Waals surface area contributed by atoms with Gasteiger partial charge in [-0.15, -0.1) is 0 Å². The highest BCUT2D eigenvalue weighted by Crippen LogP contribution is 2.32. The van der Waals surface area contributed by atoms with E-state index in [0.717, 1.165) is 30.3 Å². The van der Waals surface area contributed by atoms with Crippen LogP contribution in [0.5, 0.6) is 11.5 Å². The molecule has 100 valence electrons. The van der Waals surface area contributed by atoms with Crippen LogP contribution >= 0.6 is 0 Å². The SMILES string of the molecule is CC(C)COCCNc1ccc2c(c1)OCCO2. The highest BCUT2D eigenvalue weighted by molar-refractivity contribution is 5.55. The Hall–Kier alpha value is -1.42. The highest BCUT2D eigenvalue weighted by Gasteiger charge is 2.11. The van der Waals surface area contributed by atoms with Crippen molar-refractivity contribution in [3.63, 3.8) is 0 Å². The summed E-state index contributed by atoms with van der Waals surface area (Å²) in [5.41, 5.74) is 1.03. The van der Waals surface area contributed by atoms with Gasteiger partial charge in [-0.25, -0.2) is 0 Å². The molecule has 0 spiro atoms. The molecular formula is C14H21NO3. The Morgan fingerprint density at radius 1 is 1.22 bits per heavy atom. The Kier molecular flexibility index (Phi) is 4.70. The molecule has 0 fully saturated rings. The van der Waals surface area contributed by atoms with E-state index in [1.807, 2.05) is 18.2 Å². The molecule has 4 nitrogen and oxygen atoms in total. The Bertz CT molecular complexity index is 379. The van der Waals surface area contributed by atoms with Crippen molar-refractivity contribution in [2.45, 2.75) is 13.8 Å².